The molecule has 3 heterocycles. The van der Waals surface area contributed by atoms with Gasteiger partial charge in [0.25, 0.3) is 5.56 Å². The van der Waals surface area contributed by atoms with Gasteiger partial charge in [0, 0.05) is 30.2 Å². The van der Waals surface area contributed by atoms with E-state index in [0.29, 0.717) is 24.6 Å². The highest BCUT2D eigenvalue weighted by Crippen LogP contribution is 2.31. The van der Waals surface area contributed by atoms with E-state index in [2.05, 4.69) is 11.4 Å². The lowest BCUT2D eigenvalue weighted by molar-refractivity contribution is 0.0224. The largest absolute Gasteiger partial charge is 0.444 e. The Labute approximate surface area is 210 Å². The first-order valence-corrected chi connectivity index (χ1v) is 12.5. The fourth-order valence-corrected chi connectivity index (χ4v) is 5.12. The van der Waals surface area contributed by atoms with Crippen LogP contribution in [0.5, 0.6) is 0 Å². The maximum atomic E-state index is 13.0. The van der Waals surface area contributed by atoms with Gasteiger partial charge in [-0.3, -0.25) is 9.36 Å². The third kappa shape index (κ3) is 4.78. The number of benzene rings is 1. The topological polar surface area (TPSA) is 100 Å². The van der Waals surface area contributed by atoms with Gasteiger partial charge in [-0.05, 0) is 81.5 Å². The molecule has 0 atom stereocenters. The molecule has 0 bridgehead atoms. The quantitative estimate of drug-likeness (QED) is 0.532. The van der Waals surface area contributed by atoms with Gasteiger partial charge in [-0.25, -0.2) is 9.78 Å². The van der Waals surface area contributed by atoms with Crippen molar-refractivity contribution in [3.8, 4) is 6.07 Å². The third-order valence-corrected chi connectivity index (χ3v) is 6.84. The predicted octanol–water partition coefficient (Wildman–Crippen LogP) is 5.42. The van der Waals surface area contributed by atoms with Gasteiger partial charge < -0.3 is 15.0 Å². The molecule has 3 aromatic rings. The van der Waals surface area contributed by atoms with E-state index in [0.717, 1.165) is 48.7 Å². The van der Waals surface area contributed by atoms with Crippen molar-refractivity contribution in [3.05, 3.63) is 63.4 Å². The molecule has 1 amide bonds. The van der Waals surface area contributed by atoms with Crippen LogP contribution in [0.4, 0.5) is 16.3 Å². The zero-order valence-electron chi connectivity index (χ0n) is 21.0. The van der Waals surface area contributed by atoms with Gasteiger partial charge in [0.1, 0.15) is 28.7 Å². The zero-order chi connectivity index (χ0) is 25.4. The van der Waals surface area contributed by atoms with Gasteiger partial charge >= 0.3 is 6.09 Å². The molecule has 1 aromatic carbocycles. The molecule has 1 aliphatic heterocycles. The van der Waals surface area contributed by atoms with E-state index in [-0.39, 0.29) is 23.3 Å². The summed E-state index contributed by atoms with van der Waals surface area (Å²) in [7, 11) is 0. The maximum Gasteiger partial charge on any atom is 0.410 e. The smallest absolute Gasteiger partial charge is 0.410 e. The lowest BCUT2D eigenvalue weighted by Crippen LogP contribution is -2.39. The highest BCUT2D eigenvalue weighted by Gasteiger charge is 2.26. The molecule has 1 aliphatic carbocycles. The van der Waals surface area contributed by atoms with Crippen LogP contribution in [-0.2, 0) is 17.7 Å². The molecule has 2 aliphatic rings. The van der Waals surface area contributed by atoms with Crippen molar-refractivity contribution in [3.63, 3.8) is 0 Å². The molecule has 1 fully saturated rings. The average molecular weight is 486 g/mol. The number of carbonyl (C=O) groups excluding carboxylic acids is 1. The molecular formula is C28H31N5O3. The summed E-state index contributed by atoms with van der Waals surface area (Å²) in [5, 5.41) is 13.6. The number of anilines is 2. The molecule has 8 heteroatoms. The summed E-state index contributed by atoms with van der Waals surface area (Å²) in [4.78, 5) is 32.1. The summed E-state index contributed by atoms with van der Waals surface area (Å²) in [5.74, 6) is 0.623. The predicted molar refractivity (Wildman–Crippen MR) is 138 cm³/mol. The van der Waals surface area contributed by atoms with Crippen molar-refractivity contribution < 1.29 is 9.53 Å². The van der Waals surface area contributed by atoms with Gasteiger partial charge in [-0.1, -0.05) is 18.9 Å². The summed E-state index contributed by atoms with van der Waals surface area (Å²) >= 11 is 0. The zero-order valence-corrected chi connectivity index (χ0v) is 21.0. The van der Waals surface area contributed by atoms with Crippen molar-refractivity contribution in [2.45, 2.75) is 71.1 Å². The number of rotatable bonds is 3. The number of carbonyl (C=O) groups is 1. The van der Waals surface area contributed by atoms with Crippen LogP contribution in [0.3, 0.4) is 0 Å². The Morgan fingerprint density at radius 2 is 1.92 bits per heavy atom. The fourth-order valence-electron chi connectivity index (χ4n) is 5.12. The number of amides is 1. The first-order chi connectivity index (χ1) is 17.2. The van der Waals surface area contributed by atoms with Gasteiger partial charge in [-0.2, -0.15) is 5.26 Å². The van der Waals surface area contributed by atoms with Crippen molar-refractivity contribution in [2.24, 2.45) is 0 Å². The standard InChI is InChI=1S/C28H31N5O3/c1-28(2,3)36-27(35)32-13-12-18-8-10-22(15-21(18)17-32)30-24-11-9-19-14-20(16-29)26(34)33(25(19)31-24)23-6-4-5-7-23/h8-11,14-15,23H,4-7,12-13,17H2,1-3H3,(H,30,31). The monoisotopic (exact) mass is 485 g/mol. The van der Waals surface area contributed by atoms with Crippen LogP contribution in [0.2, 0.25) is 0 Å². The average Bonchev–Trinajstić information content (AvgIpc) is 3.36. The van der Waals surface area contributed by atoms with Crippen LogP contribution < -0.4 is 10.9 Å². The van der Waals surface area contributed by atoms with Crippen LogP contribution in [0.15, 0.2) is 41.2 Å². The van der Waals surface area contributed by atoms with Crippen molar-refractivity contribution >= 4 is 28.6 Å². The summed E-state index contributed by atoms with van der Waals surface area (Å²) in [6.45, 7) is 6.73. The fraction of sp³-hybridized carbons (Fsp3) is 0.429. The molecule has 36 heavy (non-hydrogen) atoms. The van der Waals surface area contributed by atoms with Crippen molar-refractivity contribution in [2.75, 3.05) is 11.9 Å². The third-order valence-electron chi connectivity index (χ3n) is 6.84. The number of nitrogens with zero attached hydrogens (tertiary/aromatic N) is 4. The Hall–Kier alpha value is -3.86. The highest BCUT2D eigenvalue weighted by atomic mass is 16.6. The number of hydrogen-bond donors (Lipinski definition) is 1. The second-order valence-corrected chi connectivity index (χ2v) is 10.7. The van der Waals surface area contributed by atoms with Crippen LogP contribution in [0.25, 0.3) is 11.0 Å². The van der Waals surface area contributed by atoms with E-state index in [9.17, 15) is 14.9 Å². The molecule has 2 aromatic heterocycles. The summed E-state index contributed by atoms with van der Waals surface area (Å²) in [5.41, 5.74) is 3.10. The van der Waals surface area contributed by atoms with E-state index in [1.54, 1.807) is 15.5 Å². The molecule has 5 rings (SSSR count). The second kappa shape index (κ2) is 9.30. The first kappa shape index (κ1) is 23.9. The maximum absolute atomic E-state index is 13.0. The lowest BCUT2D eigenvalue weighted by Gasteiger charge is -2.31. The van der Waals surface area contributed by atoms with Gasteiger partial charge in [0.05, 0.1) is 0 Å². The van der Waals surface area contributed by atoms with E-state index in [4.69, 9.17) is 9.72 Å². The van der Waals surface area contributed by atoms with Crippen molar-refractivity contribution in [1.82, 2.24) is 14.5 Å². The minimum absolute atomic E-state index is 0.0682. The van der Waals surface area contributed by atoms with E-state index >= 15 is 0 Å². The van der Waals surface area contributed by atoms with E-state index in [1.807, 2.05) is 51.1 Å². The van der Waals surface area contributed by atoms with Crippen LogP contribution in [0.1, 0.15) is 69.2 Å². The Morgan fingerprint density at radius 3 is 2.64 bits per heavy atom. The number of pyridine rings is 2. The number of nitrogens with one attached hydrogen (secondary N) is 1. The number of fused-ring (bicyclic) bond motifs is 2. The SMILES string of the molecule is CC(C)(C)OC(=O)N1CCc2ccc(Nc3ccc4cc(C#N)c(=O)n(C5CCCC5)c4n3)cc2C1. The minimum Gasteiger partial charge on any atom is -0.444 e. The number of aromatic nitrogens is 2. The highest BCUT2D eigenvalue weighted by molar-refractivity contribution is 5.79. The summed E-state index contributed by atoms with van der Waals surface area (Å²) in [6.07, 6.45) is 4.46. The molecule has 8 nitrogen and oxygen atoms in total. The Morgan fingerprint density at radius 1 is 1.14 bits per heavy atom. The van der Waals surface area contributed by atoms with Crippen LogP contribution in [-0.4, -0.2) is 32.7 Å². The normalized spacial score (nSPS) is 16.0. The molecular weight excluding hydrogens is 454 g/mol. The molecule has 0 unspecified atom stereocenters. The first-order valence-electron chi connectivity index (χ1n) is 12.5. The molecule has 186 valence electrons. The second-order valence-electron chi connectivity index (χ2n) is 10.7. The van der Waals surface area contributed by atoms with Crippen LogP contribution >= 0.6 is 0 Å². The number of nitriles is 1. The van der Waals surface area contributed by atoms with Crippen LogP contribution in [0, 0.1) is 11.3 Å². The number of ether oxygens (including phenoxy) is 1. The molecule has 0 saturated heterocycles. The lowest BCUT2D eigenvalue weighted by atomic mass is 9.99. The van der Waals surface area contributed by atoms with Gasteiger partial charge in [0.2, 0.25) is 0 Å². The van der Waals surface area contributed by atoms with E-state index in [1.165, 1.54) is 5.56 Å². The van der Waals surface area contributed by atoms with E-state index < -0.39 is 5.60 Å². The van der Waals surface area contributed by atoms with Gasteiger partial charge in [0.15, 0.2) is 0 Å². The Balaban J connectivity index is 1.43. The molecule has 1 saturated carbocycles. The number of hydrogen-bond acceptors (Lipinski definition) is 6. The molecule has 0 spiro atoms. The van der Waals surface area contributed by atoms with Gasteiger partial charge in [-0.15, -0.1) is 0 Å². The summed E-state index contributed by atoms with van der Waals surface area (Å²) < 4.78 is 7.27. The molecule has 1 N–H and O–H groups in total. The minimum atomic E-state index is -0.532. The molecule has 0 radical (unpaired) electrons. The summed E-state index contributed by atoms with van der Waals surface area (Å²) in [6, 6.07) is 13.6. The van der Waals surface area contributed by atoms with Crippen molar-refractivity contribution in [1.29, 1.82) is 5.26 Å². The Bertz CT molecular complexity index is 1420. The Kier molecular flexibility index (Phi) is 6.17.